The molecule has 3 aromatic rings. The molecule has 1 aliphatic rings. The Labute approximate surface area is 202 Å². The van der Waals surface area contributed by atoms with Gasteiger partial charge in [0, 0.05) is 35.1 Å². The van der Waals surface area contributed by atoms with Crippen LogP contribution >= 0.6 is 0 Å². The molecule has 0 bridgehead atoms. The third-order valence-corrected chi connectivity index (χ3v) is 6.29. The first-order valence-electron chi connectivity index (χ1n) is 11.4. The number of allylic oxidation sites excluding steroid dienone is 2. The Kier molecular flexibility index (Phi) is 6.78. The number of halogens is 3. The third kappa shape index (κ3) is 4.99. The van der Waals surface area contributed by atoms with Crippen LogP contribution in [0.15, 0.2) is 95.7 Å². The molecule has 0 spiro atoms. The zero-order chi connectivity index (χ0) is 25.1. The van der Waals surface area contributed by atoms with Crippen LogP contribution in [0.2, 0.25) is 0 Å². The Morgan fingerprint density at radius 1 is 1.03 bits per heavy atom. The molecule has 1 N–H and O–H groups in total. The number of hydrogen-bond acceptors (Lipinski definition) is 3. The van der Waals surface area contributed by atoms with Gasteiger partial charge in [0.2, 0.25) is 0 Å². The van der Waals surface area contributed by atoms with Gasteiger partial charge in [-0.05, 0) is 67.8 Å². The van der Waals surface area contributed by atoms with Gasteiger partial charge >= 0.3 is 6.18 Å². The number of nitrogens with zero attached hydrogens (tertiary/aromatic N) is 2. The molecule has 1 aliphatic heterocycles. The van der Waals surface area contributed by atoms with Gasteiger partial charge in [0.25, 0.3) is 5.91 Å². The number of nitrogens with one attached hydrogen (secondary N) is 1. The highest BCUT2D eigenvalue weighted by Gasteiger charge is 2.44. The second kappa shape index (κ2) is 9.78. The first-order chi connectivity index (χ1) is 16.7. The maximum Gasteiger partial charge on any atom is 0.416 e. The summed E-state index contributed by atoms with van der Waals surface area (Å²) < 4.78 is 40.8. The number of rotatable bonds is 6. The predicted molar refractivity (Wildman–Crippen MR) is 132 cm³/mol. The van der Waals surface area contributed by atoms with Gasteiger partial charge in [-0.15, -0.1) is 0 Å². The van der Waals surface area contributed by atoms with E-state index >= 15 is 0 Å². The highest BCUT2D eigenvalue weighted by Crippen LogP contribution is 2.50. The van der Waals surface area contributed by atoms with E-state index in [1.54, 1.807) is 36.4 Å². The summed E-state index contributed by atoms with van der Waals surface area (Å²) in [5.74, 6) is -0.343. The predicted octanol–water partition coefficient (Wildman–Crippen LogP) is 6.35. The Hall–Kier alpha value is -3.87. The van der Waals surface area contributed by atoms with Crippen molar-refractivity contribution in [2.75, 3.05) is 11.4 Å². The molecule has 1 amide bonds. The van der Waals surface area contributed by atoms with Crippen molar-refractivity contribution >= 4 is 17.8 Å². The van der Waals surface area contributed by atoms with Gasteiger partial charge in [0.1, 0.15) is 0 Å². The van der Waals surface area contributed by atoms with Gasteiger partial charge in [0.05, 0.1) is 5.56 Å². The minimum atomic E-state index is -4.44. The number of fused-ring (bicyclic) bond motifs is 1. The number of benzene rings is 3. The minimum Gasteiger partial charge on any atom is -0.344 e. The molecule has 7 heteroatoms. The molecule has 3 aromatic carbocycles. The van der Waals surface area contributed by atoms with E-state index in [4.69, 9.17) is 0 Å². The van der Waals surface area contributed by atoms with E-state index in [2.05, 4.69) is 10.5 Å². The molecule has 0 saturated carbocycles. The summed E-state index contributed by atoms with van der Waals surface area (Å²) in [6.45, 7) is 4.48. The number of carbonyl (C=O) groups excluding carboxylic acids is 1. The second-order valence-electron chi connectivity index (χ2n) is 8.61. The summed E-state index contributed by atoms with van der Waals surface area (Å²) in [4.78, 5) is 14.3. The van der Waals surface area contributed by atoms with E-state index in [9.17, 15) is 18.0 Å². The number of hydrazone groups is 1. The Balaban J connectivity index is 1.72. The molecule has 0 fully saturated rings. The molecule has 0 aliphatic carbocycles. The number of anilines is 1. The van der Waals surface area contributed by atoms with Crippen molar-refractivity contribution in [1.82, 2.24) is 5.43 Å². The number of carbonyl (C=O) groups is 1. The number of alkyl halides is 3. The van der Waals surface area contributed by atoms with Crippen molar-refractivity contribution in [1.29, 1.82) is 0 Å². The molecule has 4 nitrogen and oxygen atoms in total. The van der Waals surface area contributed by atoms with Crippen LogP contribution in [0.4, 0.5) is 18.9 Å². The fourth-order valence-corrected chi connectivity index (χ4v) is 4.62. The molecule has 1 atom stereocenters. The molecule has 1 unspecified atom stereocenters. The number of hydrogen-bond donors (Lipinski definition) is 1. The maximum absolute atomic E-state index is 13.6. The van der Waals surface area contributed by atoms with Gasteiger partial charge in [-0.2, -0.15) is 18.3 Å². The summed E-state index contributed by atoms with van der Waals surface area (Å²) in [5, 5.41) is 4.06. The average molecular weight is 478 g/mol. The fraction of sp³-hybridized carbons (Fsp3) is 0.214. The largest absolute Gasteiger partial charge is 0.416 e. The first kappa shape index (κ1) is 24.3. The van der Waals surface area contributed by atoms with Crippen LogP contribution in [0.5, 0.6) is 0 Å². The monoisotopic (exact) mass is 477 g/mol. The minimum absolute atomic E-state index is 0.343. The Bertz CT molecular complexity index is 1250. The van der Waals surface area contributed by atoms with Crippen LogP contribution < -0.4 is 10.3 Å². The van der Waals surface area contributed by atoms with Crippen molar-refractivity contribution in [3.63, 3.8) is 0 Å². The van der Waals surface area contributed by atoms with Gasteiger partial charge < -0.3 is 4.90 Å². The van der Waals surface area contributed by atoms with E-state index in [1.165, 1.54) is 12.3 Å². The second-order valence-corrected chi connectivity index (χ2v) is 8.61. The molecule has 1 heterocycles. The van der Waals surface area contributed by atoms with Crippen LogP contribution in [0.1, 0.15) is 40.9 Å². The summed E-state index contributed by atoms with van der Waals surface area (Å²) >= 11 is 0. The quantitative estimate of drug-likeness (QED) is 0.332. The first-order valence-corrected chi connectivity index (χ1v) is 11.4. The lowest BCUT2D eigenvalue weighted by molar-refractivity contribution is -0.137. The molecular formula is C28H26F3N3O. The third-order valence-electron chi connectivity index (χ3n) is 6.29. The van der Waals surface area contributed by atoms with E-state index in [1.807, 2.05) is 55.1 Å². The van der Waals surface area contributed by atoms with E-state index in [0.717, 1.165) is 23.0 Å². The summed E-state index contributed by atoms with van der Waals surface area (Å²) in [6.07, 6.45) is -0.673. The molecule has 0 radical (unpaired) electrons. The highest BCUT2D eigenvalue weighted by molar-refractivity contribution is 5.94. The number of likely N-dealkylation sites (N-methyl/N-ethyl adjacent to an activating group) is 1. The zero-order valence-electron chi connectivity index (χ0n) is 19.5. The van der Waals surface area contributed by atoms with E-state index in [-0.39, 0.29) is 5.91 Å². The molecule has 4 rings (SSSR count). The molecule has 180 valence electrons. The Morgan fingerprint density at radius 2 is 1.69 bits per heavy atom. The fourth-order valence-electron chi connectivity index (χ4n) is 4.62. The topological polar surface area (TPSA) is 44.7 Å². The molecular weight excluding hydrogens is 451 g/mol. The lowest BCUT2D eigenvalue weighted by atomic mass is 9.76. The smallest absolute Gasteiger partial charge is 0.344 e. The van der Waals surface area contributed by atoms with Crippen LogP contribution in [0.3, 0.4) is 0 Å². The van der Waals surface area contributed by atoms with Crippen LogP contribution in [-0.2, 0) is 18.0 Å². The molecule has 0 aromatic heterocycles. The lowest BCUT2D eigenvalue weighted by Gasteiger charge is -2.30. The normalized spacial score (nSPS) is 18.8. The van der Waals surface area contributed by atoms with Gasteiger partial charge in [-0.3, -0.25) is 4.79 Å². The van der Waals surface area contributed by atoms with Crippen LogP contribution in [0, 0.1) is 0 Å². The zero-order valence-corrected chi connectivity index (χ0v) is 19.5. The average Bonchev–Trinajstić information content (AvgIpc) is 3.08. The van der Waals surface area contributed by atoms with Gasteiger partial charge in [-0.25, -0.2) is 5.43 Å². The standard InChI is InChI=1S/C28H26F3N3O/c1-3-34-24-15-14-22(28(29,30)31)18-23(24)27(2,19-20-10-6-4-7-11-20)25(34)16-17-32-33-26(35)21-12-8-5-9-13-21/h4-18H,3,19H2,1-2H3,(H,33,35)/b25-16-,32-17+. The van der Waals surface area contributed by atoms with Gasteiger partial charge in [-0.1, -0.05) is 48.5 Å². The lowest BCUT2D eigenvalue weighted by Crippen LogP contribution is -2.31. The van der Waals surface area contributed by atoms with Crippen LogP contribution in [0.25, 0.3) is 0 Å². The number of amides is 1. The molecule has 0 saturated heterocycles. The van der Waals surface area contributed by atoms with E-state index in [0.29, 0.717) is 24.1 Å². The van der Waals surface area contributed by atoms with E-state index < -0.39 is 17.2 Å². The highest BCUT2D eigenvalue weighted by atomic mass is 19.4. The SMILES string of the molecule is CCN1/C(=C\C=N\NC(=O)c2ccccc2)C(C)(Cc2ccccc2)c2cc(C(F)(F)F)ccc21. The van der Waals surface area contributed by atoms with Crippen molar-refractivity contribution in [3.8, 4) is 0 Å². The van der Waals surface area contributed by atoms with Crippen molar-refractivity contribution in [2.45, 2.75) is 31.9 Å². The van der Waals surface area contributed by atoms with Crippen molar-refractivity contribution in [3.05, 3.63) is 113 Å². The summed E-state index contributed by atoms with van der Waals surface area (Å²) in [7, 11) is 0. The summed E-state index contributed by atoms with van der Waals surface area (Å²) in [6, 6.07) is 22.3. The van der Waals surface area contributed by atoms with Gasteiger partial charge in [0.15, 0.2) is 0 Å². The maximum atomic E-state index is 13.6. The Morgan fingerprint density at radius 3 is 2.31 bits per heavy atom. The summed E-state index contributed by atoms with van der Waals surface area (Å²) in [5.41, 5.74) is 4.77. The van der Waals surface area contributed by atoms with Crippen LogP contribution in [-0.4, -0.2) is 18.7 Å². The molecule has 35 heavy (non-hydrogen) atoms. The van der Waals surface area contributed by atoms with Crippen molar-refractivity contribution in [2.24, 2.45) is 5.10 Å². The van der Waals surface area contributed by atoms with Crippen molar-refractivity contribution < 1.29 is 18.0 Å².